The monoisotopic (exact) mass is 394 g/mol. The second kappa shape index (κ2) is 8.64. The summed E-state index contributed by atoms with van der Waals surface area (Å²) in [4.78, 5) is 34.5. The van der Waals surface area contributed by atoms with E-state index in [4.69, 9.17) is 0 Å². The molecule has 0 bridgehead atoms. The van der Waals surface area contributed by atoms with Gasteiger partial charge in [-0.25, -0.2) is 4.98 Å². The van der Waals surface area contributed by atoms with E-state index in [1.54, 1.807) is 24.9 Å². The number of nitrogens with zero attached hydrogens (tertiary/aromatic N) is 3. The zero-order chi connectivity index (χ0) is 21.0. The highest BCUT2D eigenvalue weighted by atomic mass is 16.2. The Morgan fingerprint density at radius 2 is 1.66 bits per heavy atom. The Morgan fingerprint density at radius 1 is 1.00 bits per heavy atom. The normalized spacial score (nSPS) is 14.8. The molecule has 2 heterocycles. The number of aromatic nitrogens is 1. The summed E-state index contributed by atoms with van der Waals surface area (Å²) in [6.45, 7) is 10.1. The summed E-state index contributed by atoms with van der Waals surface area (Å²) in [6, 6.07) is 13.6. The van der Waals surface area contributed by atoms with Crippen LogP contribution in [0.4, 0.5) is 11.5 Å². The highest BCUT2D eigenvalue weighted by Gasteiger charge is 2.40. The first kappa shape index (κ1) is 20.8. The molecule has 0 unspecified atom stereocenters. The van der Waals surface area contributed by atoms with E-state index >= 15 is 0 Å². The molecule has 1 aromatic heterocycles. The summed E-state index contributed by atoms with van der Waals surface area (Å²) in [5.74, 6) is 0.785. The lowest BCUT2D eigenvalue weighted by molar-refractivity contribution is -0.146. The van der Waals surface area contributed by atoms with Crippen LogP contribution in [-0.2, 0) is 9.59 Å². The molecule has 29 heavy (non-hydrogen) atoms. The van der Waals surface area contributed by atoms with E-state index in [0.29, 0.717) is 26.2 Å². The average Bonchev–Trinajstić information content (AvgIpc) is 2.74. The average molecular weight is 395 g/mol. The van der Waals surface area contributed by atoms with Gasteiger partial charge in [-0.1, -0.05) is 38.1 Å². The molecule has 1 aromatic carbocycles. The Balaban J connectivity index is 1.65. The van der Waals surface area contributed by atoms with Gasteiger partial charge >= 0.3 is 0 Å². The Hall–Kier alpha value is -2.89. The molecular formula is C23H30N4O2. The van der Waals surface area contributed by atoms with Crippen LogP contribution in [0.3, 0.4) is 0 Å². The van der Waals surface area contributed by atoms with Gasteiger partial charge in [0.25, 0.3) is 0 Å². The van der Waals surface area contributed by atoms with Crippen molar-refractivity contribution in [3.8, 4) is 0 Å². The predicted molar refractivity (Wildman–Crippen MR) is 116 cm³/mol. The van der Waals surface area contributed by atoms with Gasteiger partial charge in [-0.15, -0.1) is 0 Å². The standard InChI is InChI=1S/C23H30N4O2/c1-17(2)18-9-5-6-10-19(18)25-21(28)23(3,4)22(29)27-15-13-26(14-16-27)20-11-7-8-12-24-20/h5-12,17H,13-16H2,1-4H3,(H,25,28). The quantitative estimate of drug-likeness (QED) is 0.788. The number of carbonyl (C=O) groups is 2. The first-order chi connectivity index (χ1) is 13.8. The van der Waals surface area contributed by atoms with Crippen LogP contribution < -0.4 is 10.2 Å². The number of para-hydroxylation sites is 1. The fourth-order valence-electron chi connectivity index (χ4n) is 3.56. The number of piperazine rings is 1. The largest absolute Gasteiger partial charge is 0.353 e. The zero-order valence-corrected chi connectivity index (χ0v) is 17.7. The van der Waals surface area contributed by atoms with Crippen molar-refractivity contribution in [2.24, 2.45) is 5.41 Å². The third-order valence-electron chi connectivity index (χ3n) is 5.47. The first-order valence-corrected chi connectivity index (χ1v) is 10.2. The second-order valence-electron chi connectivity index (χ2n) is 8.29. The van der Waals surface area contributed by atoms with E-state index in [1.807, 2.05) is 42.5 Å². The van der Waals surface area contributed by atoms with Gasteiger partial charge in [-0.2, -0.15) is 0 Å². The fourth-order valence-corrected chi connectivity index (χ4v) is 3.56. The lowest BCUT2D eigenvalue weighted by atomic mass is 9.89. The van der Waals surface area contributed by atoms with Crippen molar-refractivity contribution in [2.45, 2.75) is 33.6 Å². The van der Waals surface area contributed by atoms with Crippen molar-refractivity contribution in [1.29, 1.82) is 0 Å². The van der Waals surface area contributed by atoms with Crippen molar-refractivity contribution in [3.05, 3.63) is 54.2 Å². The number of hydrogen-bond acceptors (Lipinski definition) is 4. The molecule has 2 aromatic rings. The Bertz CT molecular complexity index is 856. The summed E-state index contributed by atoms with van der Waals surface area (Å²) in [7, 11) is 0. The van der Waals surface area contributed by atoms with Gasteiger partial charge in [-0.05, 0) is 43.5 Å². The molecule has 6 nitrogen and oxygen atoms in total. The molecule has 1 aliphatic heterocycles. The van der Waals surface area contributed by atoms with E-state index in [1.165, 1.54) is 0 Å². The van der Waals surface area contributed by atoms with Crippen molar-refractivity contribution in [2.75, 3.05) is 36.4 Å². The maximum absolute atomic E-state index is 13.1. The van der Waals surface area contributed by atoms with Crippen LogP contribution >= 0.6 is 0 Å². The van der Waals surface area contributed by atoms with Crippen LogP contribution in [-0.4, -0.2) is 47.9 Å². The molecule has 0 saturated carbocycles. The molecule has 6 heteroatoms. The number of pyridine rings is 1. The fraction of sp³-hybridized carbons (Fsp3) is 0.435. The molecule has 1 aliphatic rings. The Kier molecular flexibility index (Phi) is 6.20. The maximum atomic E-state index is 13.1. The molecule has 0 spiro atoms. The molecule has 1 N–H and O–H groups in total. The third kappa shape index (κ3) is 4.58. The minimum absolute atomic E-state index is 0.141. The van der Waals surface area contributed by atoms with Gasteiger partial charge in [0.05, 0.1) is 0 Å². The van der Waals surface area contributed by atoms with Gasteiger partial charge < -0.3 is 15.1 Å². The van der Waals surface area contributed by atoms with E-state index in [0.717, 1.165) is 17.1 Å². The smallest absolute Gasteiger partial charge is 0.239 e. The van der Waals surface area contributed by atoms with Crippen LogP contribution in [0.2, 0.25) is 0 Å². The molecule has 0 aliphatic carbocycles. The Labute approximate surface area is 172 Å². The topological polar surface area (TPSA) is 65.5 Å². The van der Waals surface area contributed by atoms with Crippen molar-refractivity contribution in [3.63, 3.8) is 0 Å². The molecule has 154 valence electrons. The van der Waals surface area contributed by atoms with Crippen LogP contribution in [0.15, 0.2) is 48.7 Å². The van der Waals surface area contributed by atoms with Gasteiger partial charge in [0.1, 0.15) is 11.2 Å². The summed E-state index contributed by atoms with van der Waals surface area (Å²) in [5.41, 5.74) is 0.693. The van der Waals surface area contributed by atoms with Crippen LogP contribution in [0.1, 0.15) is 39.2 Å². The van der Waals surface area contributed by atoms with Crippen LogP contribution in [0.5, 0.6) is 0 Å². The maximum Gasteiger partial charge on any atom is 0.239 e. The number of benzene rings is 1. The van der Waals surface area contributed by atoms with Crippen molar-refractivity contribution in [1.82, 2.24) is 9.88 Å². The van der Waals surface area contributed by atoms with E-state index < -0.39 is 5.41 Å². The number of carbonyl (C=O) groups excluding carboxylic acids is 2. The number of nitrogens with one attached hydrogen (secondary N) is 1. The van der Waals surface area contributed by atoms with Gasteiger partial charge in [0.2, 0.25) is 11.8 Å². The minimum atomic E-state index is -1.14. The minimum Gasteiger partial charge on any atom is -0.353 e. The molecule has 1 fully saturated rings. The van der Waals surface area contributed by atoms with Gasteiger partial charge in [0, 0.05) is 38.1 Å². The predicted octanol–water partition coefficient (Wildman–Crippen LogP) is 3.52. The van der Waals surface area contributed by atoms with Crippen molar-refractivity contribution >= 4 is 23.3 Å². The second-order valence-corrected chi connectivity index (χ2v) is 8.29. The lowest BCUT2D eigenvalue weighted by Gasteiger charge is -2.38. The van der Waals surface area contributed by atoms with Gasteiger partial charge in [-0.3, -0.25) is 9.59 Å². The molecule has 2 amide bonds. The number of rotatable bonds is 5. The number of amides is 2. The third-order valence-corrected chi connectivity index (χ3v) is 5.47. The number of anilines is 2. The molecule has 3 rings (SSSR count). The summed E-state index contributed by atoms with van der Waals surface area (Å²) in [6.07, 6.45) is 1.77. The first-order valence-electron chi connectivity index (χ1n) is 10.2. The zero-order valence-electron chi connectivity index (χ0n) is 17.7. The molecular weight excluding hydrogens is 364 g/mol. The lowest BCUT2D eigenvalue weighted by Crippen LogP contribution is -2.54. The highest BCUT2D eigenvalue weighted by Crippen LogP contribution is 2.28. The SMILES string of the molecule is CC(C)c1ccccc1NC(=O)C(C)(C)C(=O)N1CCN(c2ccccn2)CC1. The molecule has 1 saturated heterocycles. The Morgan fingerprint density at radius 3 is 2.28 bits per heavy atom. The summed E-state index contributed by atoms with van der Waals surface area (Å²) < 4.78 is 0. The molecule has 0 radical (unpaired) electrons. The van der Waals surface area contributed by atoms with Crippen molar-refractivity contribution < 1.29 is 9.59 Å². The summed E-state index contributed by atoms with van der Waals surface area (Å²) in [5, 5.41) is 2.98. The molecule has 0 atom stereocenters. The van der Waals surface area contributed by atoms with Crippen LogP contribution in [0.25, 0.3) is 0 Å². The van der Waals surface area contributed by atoms with E-state index in [-0.39, 0.29) is 17.7 Å². The highest BCUT2D eigenvalue weighted by molar-refractivity contribution is 6.10. The van der Waals surface area contributed by atoms with E-state index in [2.05, 4.69) is 29.0 Å². The summed E-state index contributed by atoms with van der Waals surface area (Å²) >= 11 is 0. The van der Waals surface area contributed by atoms with Crippen LogP contribution in [0, 0.1) is 5.41 Å². The van der Waals surface area contributed by atoms with E-state index in [9.17, 15) is 9.59 Å². The number of hydrogen-bond donors (Lipinski definition) is 1. The van der Waals surface area contributed by atoms with Gasteiger partial charge in [0.15, 0.2) is 0 Å².